The second-order valence-electron chi connectivity index (χ2n) is 5.70. The molecular weight excluding hydrogens is 516 g/mol. The van der Waals surface area contributed by atoms with Crippen molar-refractivity contribution < 1.29 is 21.1 Å². The zero-order valence-corrected chi connectivity index (χ0v) is 18.1. The van der Waals surface area contributed by atoms with Crippen molar-refractivity contribution in [2.75, 3.05) is 0 Å². The van der Waals surface area contributed by atoms with Crippen LogP contribution in [0.2, 0.25) is 0 Å². The number of hydrogen-bond donors (Lipinski definition) is 0. The molecule has 0 atom stereocenters. The number of unbranched alkanes of at least 4 members (excludes halogenated alkanes) is 2. The molecule has 0 aliphatic heterocycles. The predicted octanol–water partition coefficient (Wildman–Crippen LogP) is 5.13. The van der Waals surface area contributed by atoms with Gasteiger partial charge in [0.15, 0.2) is 0 Å². The average molecular weight is 540 g/mol. The van der Waals surface area contributed by atoms with E-state index in [4.69, 9.17) is 0 Å². The SMILES string of the molecule is CCCCC#[C][Au].c1ccc(P(c2ccccc2)c2ccccc2)cc1. The topological polar surface area (TPSA) is 0 Å². The van der Waals surface area contributed by atoms with Crippen LogP contribution < -0.4 is 15.9 Å². The first-order chi connectivity index (χ1) is 12.9. The molecule has 136 valence electrons. The molecule has 0 bridgehead atoms. The molecule has 0 spiro atoms. The smallest absolute Gasteiger partial charge is 0.0134 e. The third kappa shape index (κ3) is 6.95. The molecule has 3 aromatic rings. The van der Waals surface area contributed by atoms with Crippen LogP contribution in [0.25, 0.3) is 0 Å². The monoisotopic (exact) mass is 540 g/mol. The quantitative estimate of drug-likeness (QED) is 0.182. The maximum absolute atomic E-state index is 2.97. The van der Waals surface area contributed by atoms with E-state index in [9.17, 15) is 0 Å². The van der Waals surface area contributed by atoms with Gasteiger partial charge in [-0.25, -0.2) is 0 Å². The van der Waals surface area contributed by atoms with E-state index in [2.05, 4.69) is 129 Å². The fourth-order valence-corrected chi connectivity index (χ4v) is 5.06. The molecule has 0 aromatic heterocycles. The van der Waals surface area contributed by atoms with E-state index < -0.39 is 7.92 Å². The van der Waals surface area contributed by atoms with Crippen molar-refractivity contribution in [2.24, 2.45) is 0 Å². The Balaban J connectivity index is 0.000000298. The van der Waals surface area contributed by atoms with Crippen molar-refractivity contribution in [1.82, 2.24) is 0 Å². The zero-order valence-electron chi connectivity index (χ0n) is 15.0. The number of rotatable bonds is 5. The molecule has 0 saturated heterocycles. The first kappa shape index (κ1) is 20.7. The van der Waals surface area contributed by atoms with Gasteiger partial charge < -0.3 is 0 Å². The molecule has 3 rings (SSSR count). The molecular formula is C24H24AuP. The summed E-state index contributed by atoms with van der Waals surface area (Å²) in [7, 11) is -0.446. The van der Waals surface area contributed by atoms with Gasteiger partial charge >= 0.3 is 57.3 Å². The molecule has 26 heavy (non-hydrogen) atoms. The molecule has 0 N–H and O–H groups in total. The molecule has 3 aromatic carbocycles. The molecule has 0 fully saturated rings. The van der Waals surface area contributed by atoms with Crippen LogP contribution in [0.15, 0.2) is 91.0 Å². The van der Waals surface area contributed by atoms with Crippen molar-refractivity contribution in [3.8, 4) is 10.1 Å². The molecule has 0 aliphatic carbocycles. The normalized spacial score (nSPS) is 9.69. The van der Waals surface area contributed by atoms with Crippen LogP contribution in [0.1, 0.15) is 26.2 Å². The third-order valence-electron chi connectivity index (χ3n) is 3.75. The minimum absolute atomic E-state index is 0.446. The second kappa shape index (κ2) is 12.7. The van der Waals surface area contributed by atoms with Gasteiger partial charge in [0.1, 0.15) is 0 Å². The minimum Gasteiger partial charge on any atom is -0.0622 e. The summed E-state index contributed by atoms with van der Waals surface area (Å²) < 4.78 is 2.80. The average Bonchev–Trinajstić information content (AvgIpc) is 2.72. The summed E-state index contributed by atoms with van der Waals surface area (Å²) in [6, 6.07) is 32.3. The molecule has 0 saturated carbocycles. The molecule has 0 heterocycles. The van der Waals surface area contributed by atoms with E-state index in [1.165, 1.54) is 28.8 Å². The summed E-state index contributed by atoms with van der Waals surface area (Å²) in [5.74, 6) is 2.97. The van der Waals surface area contributed by atoms with Gasteiger partial charge in [-0.15, -0.1) is 0 Å². The van der Waals surface area contributed by atoms with Gasteiger partial charge in [0.2, 0.25) is 0 Å². The first-order valence-corrected chi connectivity index (χ1v) is 11.3. The summed E-state index contributed by atoms with van der Waals surface area (Å²) in [5, 5.41) is 4.19. The zero-order chi connectivity index (χ0) is 18.5. The van der Waals surface area contributed by atoms with E-state index in [-0.39, 0.29) is 0 Å². The Morgan fingerprint density at radius 1 is 0.692 bits per heavy atom. The van der Waals surface area contributed by atoms with E-state index in [0.29, 0.717) is 0 Å². The van der Waals surface area contributed by atoms with E-state index >= 15 is 0 Å². The van der Waals surface area contributed by atoms with Crippen LogP contribution in [0, 0.1) is 10.1 Å². The standard InChI is InChI=1S/C18H15P.C6H9.Au/c1-4-10-16(11-5-1)19(17-12-6-2-7-13-17)18-14-8-3-9-15-18;1-3-5-6-4-2;/h1-15H;3,5-6H2,1H3;. The number of hydrogen-bond acceptors (Lipinski definition) is 0. The van der Waals surface area contributed by atoms with E-state index in [1.54, 1.807) is 0 Å². The van der Waals surface area contributed by atoms with Crippen LogP contribution in [0.3, 0.4) is 0 Å². The minimum atomic E-state index is -0.446. The summed E-state index contributed by atoms with van der Waals surface area (Å²) in [6.07, 6.45) is 3.56. The van der Waals surface area contributed by atoms with Crippen molar-refractivity contribution in [3.63, 3.8) is 0 Å². The van der Waals surface area contributed by atoms with Gasteiger partial charge in [0.05, 0.1) is 0 Å². The molecule has 0 radical (unpaired) electrons. The third-order valence-corrected chi connectivity index (χ3v) is 6.58. The van der Waals surface area contributed by atoms with E-state index in [0.717, 1.165) is 6.42 Å². The molecule has 0 amide bonds. The Bertz CT molecular complexity index is 695. The Kier molecular flexibility index (Phi) is 10.1. The van der Waals surface area contributed by atoms with Gasteiger partial charge in [-0.05, 0) is 23.8 Å². The maximum atomic E-state index is 2.97. The fourth-order valence-electron chi connectivity index (χ4n) is 2.48. The summed E-state index contributed by atoms with van der Waals surface area (Å²) >= 11 is 2.22. The Hall–Kier alpha value is -1.61. The van der Waals surface area contributed by atoms with Crippen molar-refractivity contribution in [3.05, 3.63) is 91.0 Å². The molecule has 0 unspecified atom stereocenters. The largest absolute Gasteiger partial charge is 0.0622 e. The fraction of sp³-hybridized carbons (Fsp3) is 0.167. The van der Waals surface area contributed by atoms with Gasteiger partial charge in [-0.2, -0.15) is 0 Å². The van der Waals surface area contributed by atoms with Gasteiger partial charge in [0.25, 0.3) is 0 Å². The van der Waals surface area contributed by atoms with Gasteiger partial charge in [-0.3, -0.25) is 0 Å². The van der Waals surface area contributed by atoms with Crippen molar-refractivity contribution >= 4 is 23.8 Å². The van der Waals surface area contributed by atoms with Crippen LogP contribution in [-0.2, 0) is 21.1 Å². The predicted molar refractivity (Wildman–Crippen MR) is 112 cm³/mol. The summed E-state index contributed by atoms with van der Waals surface area (Å²) in [4.78, 5) is 0. The van der Waals surface area contributed by atoms with Crippen LogP contribution in [0.4, 0.5) is 0 Å². The van der Waals surface area contributed by atoms with Gasteiger partial charge in [-0.1, -0.05) is 91.0 Å². The Morgan fingerprint density at radius 3 is 1.38 bits per heavy atom. The van der Waals surface area contributed by atoms with Gasteiger partial charge in [0, 0.05) is 0 Å². The van der Waals surface area contributed by atoms with Crippen molar-refractivity contribution in [1.29, 1.82) is 0 Å². The molecule has 2 heteroatoms. The first-order valence-electron chi connectivity index (χ1n) is 8.86. The van der Waals surface area contributed by atoms with Crippen LogP contribution in [-0.4, -0.2) is 0 Å². The Labute approximate surface area is 171 Å². The second-order valence-corrected chi connectivity index (χ2v) is 8.46. The Morgan fingerprint density at radius 2 is 1.08 bits per heavy atom. The summed E-state index contributed by atoms with van der Waals surface area (Å²) in [6.45, 7) is 2.17. The van der Waals surface area contributed by atoms with Crippen LogP contribution >= 0.6 is 7.92 Å². The molecule has 0 aliphatic rings. The van der Waals surface area contributed by atoms with Crippen LogP contribution in [0.5, 0.6) is 0 Å². The maximum Gasteiger partial charge on any atom is -0.0134 e. The summed E-state index contributed by atoms with van der Waals surface area (Å²) in [5.41, 5.74) is 0. The number of benzene rings is 3. The van der Waals surface area contributed by atoms with Crippen molar-refractivity contribution in [2.45, 2.75) is 26.2 Å². The molecule has 0 nitrogen and oxygen atoms in total. The van der Waals surface area contributed by atoms with E-state index in [1.807, 2.05) is 0 Å².